The normalized spacial score (nSPS) is 18.1. The van der Waals surface area contributed by atoms with Crippen molar-refractivity contribution in [3.8, 4) is 5.82 Å². The average Bonchev–Trinajstić information content (AvgIpc) is 3.22. The van der Waals surface area contributed by atoms with Crippen LogP contribution >= 0.6 is 11.6 Å². The van der Waals surface area contributed by atoms with Gasteiger partial charge >= 0.3 is 0 Å². The molecular weight excluding hydrogens is 272 g/mol. The number of rotatable bonds is 2. The first kappa shape index (κ1) is 12.3. The number of hydrogen-bond donors (Lipinski definition) is 0. The van der Waals surface area contributed by atoms with Crippen LogP contribution in [0.25, 0.3) is 5.82 Å². The number of aromatic nitrogens is 4. The molecule has 4 nitrogen and oxygen atoms in total. The van der Waals surface area contributed by atoms with Crippen LogP contribution in [0.1, 0.15) is 54.4 Å². The maximum atomic E-state index is 6.31. The molecule has 0 atom stereocenters. The molecule has 2 aromatic heterocycles. The number of imidazole rings is 1. The average molecular weight is 289 g/mol. The molecular formula is C15H17ClN4. The van der Waals surface area contributed by atoms with Gasteiger partial charge in [-0.2, -0.15) is 0 Å². The maximum absolute atomic E-state index is 6.31. The van der Waals surface area contributed by atoms with Gasteiger partial charge in [0.2, 0.25) is 0 Å². The highest BCUT2D eigenvalue weighted by atomic mass is 35.5. The Labute approximate surface area is 123 Å². The van der Waals surface area contributed by atoms with E-state index < -0.39 is 0 Å². The van der Waals surface area contributed by atoms with E-state index in [0.717, 1.165) is 30.0 Å². The van der Waals surface area contributed by atoms with Crippen molar-refractivity contribution >= 4 is 11.6 Å². The molecule has 0 amide bonds. The summed E-state index contributed by atoms with van der Waals surface area (Å²) in [5, 5.41) is 0.579. The third-order valence-corrected chi connectivity index (χ3v) is 4.65. The van der Waals surface area contributed by atoms with Gasteiger partial charge in [0.25, 0.3) is 0 Å². The predicted molar refractivity (Wildman–Crippen MR) is 77.5 cm³/mol. The second-order valence-electron chi connectivity index (χ2n) is 5.81. The van der Waals surface area contributed by atoms with Crippen LogP contribution in [-0.4, -0.2) is 19.5 Å². The first-order chi connectivity index (χ1) is 9.74. The Kier molecular flexibility index (Phi) is 2.81. The molecule has 0 spiro atoms. The predicted octanol–water partition coefficient (Wildman–Crippen LogP) is 3.38. The van der Waals surface area contributed by atoms with Crippen LogP contribution in [0.4, 0.5) is 0 Å². The summed E-state index contributed by atoms with van der Waals surface area (Å²) in [4.78, 5) is 13.8. The van der Waals surface area contributed by atoms with Crippen LogP contribution in [-0.2, 0) is 12.8 Å². The van der Waals surface area contributed by atoms with Crippen molar-refractivity contribution in [1.82, 2.24) is 19.5 Å². The number of nitrogens with zero attached hydrogens (tertiary/aromatic N) is 4. The molecule has 1 saturated carbocycles. The van der Waals surface area contributed by atoms with Gasteiger partial charge < -0.3 is 0 Å². The van der Waals surface area contributed by atoms with Crippen molar-refractivity contribution in [2.45, 2.75) is 51.4 Å². The third-order valence-electron chi connectivity index (χ3n) is 4.28. The fraction of sp³-hybridized carbons (Fsp3) is 0.533. The first-order valence-electron chi connectivity index (χ1n) is 7.33. The molecule has 0 aliphatic heterocycles. The first-order valence-corrected chi connectivity index (χ1v) is 7.71. The Morgan fingerprint density at radius 1 is 1.20 bits per heavy atom. The van der Waals surface area contributed by atoms with Crippen molar-refractivity contribution in [2.24, 2.45) is 0 Å². The van der Waals surface area contributed by atoms with Crippen LogP contribution in [0, 0.1) is 6.92 Å². The van der Waals surface area contributed by atoms with Crippen molar-refractivity contribution < 1.29 is 0 Å². The standard InChI is InChI=1S/C15H17ClN4/c1-9-13(16)18-14(10-6-7-10)19-15(9)20-8-17-11-4-2-3-5-12(11)20/h8,10H,2-7H2,1H3. The van der Waals surface area contributed by atoms with E-state index in [2.05, 4.69) is 14.5 Å². The molecule has 104 valence electrons. The van der Waals surface area contributed by atoms with Gasteiger partial charge in [-0.3, -0.25) is 4.57 Å². The van der Waals surface area contributed by atoms with Crippen molar-refractivity contribution in [3.63, 3.8) is 0 Å². The van der Waals surface area contributed by atoms with E-state index in [1.54, 1.807) is 0 Å². The van der Waals surface area contributed by atoms with E-state index in [-0.39, 0.29) is 0 Å². The lowest BCUT2D eigenvalue weighted by atomic mass is 10.0. The molecule has 20 heavy (non-hydrogen) atoms. The summed E-state index contributed by atoms with van der Waals surface area (Å²) < 4.78 is 2.13. The highest BCUT2D eigenvalue weighted by Crippen LogP contribution is 2.39. The van der Waals surface area contributed by atoms with E-state index >= 15 is 0 Å². The van der Waals surface area contributed by atoms with Gasteiger partial charge in [-0.1, -0.05) is 11.6 Å². The zero-order chi connectivity index (χ0) is 13.7. The van der Waals surface area contributed by atoms with Gasteiger partial charge in [-0.25, -0.2) is 15.0 Å². The van der Waals surface area contributed by atoms with E-state index in [9.17, 15) is 0 Å². The molecule has 4 rings (SSSR count). The maximum Gasteiger partial charge on any atom is 0.146 e. The smallest absolute Gasteiger partial charge is 0.146 e. The Hall–Kier alpha value is -1.42. The number of aryl methyl sites for hydroxylation is 1. The fourth-order valence-electron chi connectivity index (χ4n) is 2.90. The summed E-state index contributed by atoms with van der Waals surface area (Å²) in [6.07, 6.45) is 8.89. The van der Waals surface area contributed by atoms with E-state index in [0.29, 0.717) is 11.1 Å². The molecule has 5 heteroatoms. The minimum atomic E-state index is 0.506. The highest BCUT2D eigenvalue weighted by Gasteiger charge is 2.29. The molecule has 0 radical (unpaired) electrons. The van der Waals surface area contributed by atoms with Gasteiger partial charge in [0.15, 0.2) is 0 Å². The van der Waals surface area contributed by atoms with E-state index in [4.69, 9.17) is 16.6 Å². The molecule has 2 heterocycles. The molecule has 0 aromatic carbocycles. The summed E-state index contributed by atoms with van der Waals surface area (Å²) >= 11 is 6.31. The third kappa shape index (κ3) is 1.94. The molecule has 0 bridgehead atoms. The van der Waals surface area contributed by atoms with Crippen LogP contribution in [0.2, 0.25) is 5.15 Å². The van der Waals surface area contributed by atoms with Crippen LogP contribution < -0.4 is 0 Å². The Bertz CT molecular complexity index is 673. The molecule has 0 unspecified atom stereocenters. The van der Waals surface area contributed by atoms with Crippen molar-refractivity contribution in [1.29, 1.82) is 0 Å². The van der Waals surface area contributed by atoms with E-state index in [1.165, 1.54) is 37.1 Å². The molecule has 0 saturated heterocycles. The summed E-state index contributed by atoms with van der Waals surface area (Å²) in [7, 11) is 0. The Balaban J connectivity index is 1.87. The minimum absolute atomic E-state index is 0.506. The second-order valence-corrected chi connectivity index (χ2v) is 6.17. The van der Waals surface area contributed by atoms with Gasteiger partial charge in [0.1, 0.15) is 23.1 Å². The fourth-order valence-corrected chi connectivity index (χ4v) is 3.08. The van der Waals surface area contributed by atoms with Crippen LogP contribution in [0.5, 0.6) is 0 Å². The summed E-state index contributed by atoms with van der Waals surface area (Å²) in [6.45, 7) is 1.99. The topological polar surface area (TPSA) is 43.6 Å². The lowest BCUT2D eigenvalue weighted by Gasteiger charge is -2.16. The molecule has 2 aliphatic rings. The minimum Gasteiger partial charge on any atom is -0.287 e. The largest absolute Gasteiger partial charge is 0.287 e. The zero-order valence-electron chi connectivity index (χ0n) is 11.6. The summed E-state index contributed by atoms with van der Waals surface area (Å²) in [5.41, 5.74) is 3.47. The van der Waals surface area contributed by atoms with Gasteiger partial charge in [-0.15, -0.1) is 0 Å². The molecule has 0 N–H and O–H groups in total. The van der Waals surface area contributed by atoms with Crippen molar-refractivity contribution in [2.75, 3.05) is 0 Å². The lowest BCUT2D eigenvalue weighted by molar-refractivity contribution is 0.652. The Morgan fingerprint density at radius 3 is 2.80 bits per heavy atom. The second kappa shape index (κ2) is 4.55. The quantitative estimate of drug-likeness (QED) is 0.796. The van der Waals surface area contributed by atoms with Gasteiger partial charge in [0, 0.05) is 17.2 Å². The van der Waals surface area contributed by atoms with Crippen LogP contribution in [0.15, 0.2) is 6.33 Å². The van der Waals surface area contributed by atoms with Gasteiger partial charge in [0.05, 0.1) is 5.69 Å². The highest BCUT2D eigenvalue weighted by molar-refractivity contribution is 6.30. The number of fused-ring (bicyclic) bond motifs is 1. The monoisotopic (exact) mass is 288 g/mol. The number of halogens is 1. The molecule has 1 fully saturated rings. The summed E-state index contributed by atoms with van der Waals surface area (Å²) in [6, 6.07) is 0. The van der Waals surface area contributed by atoms with Crippen molar-refractivity contribution in [3.05, 3.63) is 34.3 Å². The molecule has 2 aromatic rings. The van der Waals surface area contributed by atoms with E-state index in [1.807, 2.05) is 13.3 Å². The van der Waals surface area contributed by atoms with Crippen LogP contribution in [0.3, 0.4) is 0 Å². The number of hydrogen-bond acceptors (Lipinski definition) is 3. The lowest BCUT2D eigenvalue weighted by Crippen LogP contribution is -2.11. The van der Waals surface area contributed by atoms with Gasteiger partial charge in [-0.05, 0) is 45.4 Å². The summed E-state index contributed by atoms with van der Waals surface area (Å²) in [5.74, 6) is 2.32. The SMILES string of the molecule is Cc1c(Cl)nc(C2CC2)nc1-n1cnc2c1CCCC2. The Morgan fingerprint density at radius 2 is 2.00 bits per heavy atom. The molecule has 2 aliphatic carbocycles. The zero-order valence-corrected chi connectivity index (χ0v) is 12.3.